The van der Waals surface area contributed by atoms with Gasteiger partial charge in [-0.05, 0) is 25.3 Å². The van der Waals surface area contributed by atoms with E-state index in [1.165, 1.54) is 0 Å². The molecule has 0 radical (unpaired) electrons. The van der Waals surface area contributed by atoms with Crippen LogP contribution < -0.4 is 5.73 Å². The van der Waals surface area contributed by atoms with E-state index < -0.39 is 0 Å². The third-order valence-corrected chi connectivity index (χ3v) is 3.57. The van der Waals surface area contributed by atoms with Gasteiger partial charge in [0.25, 0.3) is 0 Å². The molecule has 2 rings (SSSR count). The van der Waals surface area contributed by atoms with Crippen LogP contribution in [0.15, 0.2) is 6.07 Å². The summed E-state index contributed by atoms with van der Waals surface area (Å²) in [5.41, 5.74) is 7.50. The molecule has 16 heavy (non-hydrogen) atoms. The van der Waals surface area contributed by atoms with Crippen molar-refractivity contribution in [2.45, 2.75) is 32.6 Å². The zero-order valence-electron chi connectivity index (χ0n) is 9.99. The molecule has 1 aliphatic rings. The van der Waals surface area contributed by atoms with Gasteiger partial charge in [-0.15, -0.1) is 0 Å². The Hall–Kier alpha value is -1.16. The minimum atomic E-state index is -0.198. The lowest BCUT2D eigenvalue weighted by Crippen LogP contribution is -2.27. The lowest BCUT2D eigenvalue weighted by molar-refractivity contribution is -0.123. The van der Waals surface area contributed by atoms with Gasteiger partial charge in [0.2, 0.25) is 0 Å². The first-order valence-electron chi connectivity index (χ1n) is 5.86. The molecule has 0 saturated heterocycles. The van der Waals surface area contributed by atoms with Gasteiger partial charge in [0.1, 0.15) is 5.78 Å². The van der Waals surface area contributed by atoms with Gasteiger partial charge in [-0.1, -0.05) is 6.92 Å². The van der Waals surface area contributed by atoms with Crippen molar-refractivity contribution < 1.29 is 4.79 Å². The second kappa shape index (κ2) is 4.01. The van der Waals surface area contributed by atoms with Gasteiger partial charge in [0.05, 0.1) is 5.69 Å². The van der Waals surface area contributed by atoms with Crippen molar-refractivity contribution >= 4 is 5.78 Å². The predicted octanol–water partition coefficient (Wildman–Crippen LogP) is 0.833. The minimum absolute atomic E-state index is 0.198. The second-order valence-electron chi connectivity index (χ2n) is 4.69. The fraction of sp³-hybridized carbons (Fsp3) is 0.667. The molecule has 1 aromatic heterocycles. The van der Waals surface area contributed by atoms with Crippen LogP contribution in [0.2, 0.25) is 0 Å². The Morgan fingerprint density at radius 1 is 1.62 bits per heavy atom. The van der Waals surface area contributed by atoms with Crippen molar-refractivity contribution in [3.8, 4) is 0 Å². The van der Waals surface area contributed by atoms with Crippen LogP contribution in [0.4, 0.5) is 0 Å². The number of nitrogens with two attached hydrogens (primary N) is 1. The van der Waals surface area contributed by atoms with Gasteiger partial charge in [0.15, 0.2) is 0 Å². The summed E-state index contributed by atoms with van der Waals surface area (Å²) in [6.07, 6.45) is 3.30. The molecular formula is C12H19N3O. The van der Waals surface area contributed by atoms with Gasteiger partial charge < -0.3 is 5.73 Å². The van der Waals surface area contributed by atoms with Crippen LogP contribution in [-0.4, -0.2) is 22.1 Å². The molecule has 0 atom stereocenters. The molecule has 88 valence electrons. The van der Waals surface area contributed by atoms with Crippen molar-refractivity contribution in [2.24, 2.45) is 18.2 Å². The molecule has 0 unspecified atom stereocenters. The highest BCUT2D eigenvalue weighted by Gasteiger charge is 2.47. The number of Topliss-reactive ketones (excluding diaryl/α,β-unsaturated/α-hetero) is 1. The smallest absolute Gasteiger partial charge is 0.146 e. The lowest BCUT2D eigenvalue weighted by atomic mass is 9.97. The van der Waals surface area contributed by atoms with Crippen LogP contribution in [0.5, 0.6) is 0 Å². The highest BCUT2D eigenvalue weighted by molar-refractivity contribution is 5.89. The van der Waals surface area contributed by atoms with E-state index in [4.69, 9.17) is 5.73 Å². The Kier molecular flexibility index (Phi) is 2.84. The predicted molar refractivity (Wildman–Crippen MR) is 62.0 cm³/mol. The zero-order valence-corrected chi connectivity index (χ0v) is 9.99. The molecule has 1 heterocycles. The molecule has 0 aromatic carbocycles. The maximum absolute atomic E-state index is 12.1. The largest absolute Gasteiger partial charge is 0.329 e. The van der Waals surface area contributed by atoms with E-state index >= 15 is 0 Å². The summed E-state index contributed by atoms with van der Waals surface area (Å²) in [7, 11) is 1.89. The average molecular weight is 221 g/mol. The highest BCUT2D eigenvalue weighted by atomic mass is 16.1. The molecule has 4 nitrogen and oxygen atoms in total. The van der Waals surface area contributed by atoms with Gasteiger partial charge in [-0.25, -0.2) is 0 Å². The molecule has 1 aromatic rings. The number of nitrogens with zero attached hydrogens (tertiary/aromatic N) is 2. The number of carbonyl (C=O) groups excluding carboxylic acids is 1. The highest BCUT2D eigenvalue weighted by Crippen LogP contribution is 2.46. The second-order valence-corrected chi connectivity index (χ2v) is 4.69. The summed E-state index contributed by atoms with van der Waals surface area (Å²) in [6, 6.07) is 2.02. The Morgan fingerprint density at radius 3 is 2.75 bits per heavy atom. The number of aryl methyl sites for hydroxylation is 2. The molecule has 0 aliphatic heterocycles. The van der Waals surface area contributed by atoms with Crippen molar-refractivity contribution in [3.05, 3.63) is 17.5 Å². The minimum Gasteiger partial charge on any atom is -0.329 e. The molecule has 2 N–H and O–H groups in total. The summed E-state index contributed by atoms with van der Waals surface area (Å²) in [6.45, 7) is 2.56. The lowest BCUT2D eigenvalue weighted by Gasteiger charge is -2.10. The third-order valence-electron chi connectivity index (χ3n) is 3.57. The van der Waals surface area contributed by atoms with E-state index in [1.54, 1.807) is 0 Å². The van der Waals surface area contributed by atoms with Crippen molar-refractivity contribution in [2.75, 3.05) is 6.54 Å². The number of aromatic nitrogens is 2. The van der Waals surface area contributed by atoms with E-state index in [9.17, 15) is 4.79 Å². The van der Waals surface area contributed by atoms with Crippen LogP contribution in [0.3, 0.4) is 0 Å². The average Bonchev–Trinajstić information content (AvgIpc) is 3.00. The summed E-state index contributed by atoms with van der Waals surface area (Å²) < 4.78 is 1.81. The first-order chi connectivity index (χ1) is 7.61. The molecule has 1 fully saturated rings. The molecule has 4 heteroatoms. The Bertz CT molecular complexity index is 404. The van der Waals surface area contributed by atoms with Crippen LogP contribution in [0.25, 0.3) is 0 Å². The quantitative estimate of drug-likeness (QED) is 0.801. The molecule has 1 aliphatic carbocycles. The van der Waals surface area contributed by atoms with E-state index in [1.807, 2.05) is 17.8 Å². The first kappa shape index (κ1) is 11.3. The Morgan fingerprint density at radius 2 is 2.31 bits per heavy atom. The summed E-state index contributed by atoms with van der Waals surface area (Å²) >= 11 is 0. The number of ketones is 1. The summed E-state index contributed by atoms with van der Waals surface area (Å²) in [5.74, 6) is 0.278. The van der Waals surface area contributed by atoms with E-state index in [0.717, 1.165) is 30.7 Å². The number of carbonyl (C=O) groups is 1. The normalized spacial score (nSPS) is 17.4. The SMILES string of the molecule is CCc1cc(CC(=O)C2(CN)CC2)n(C)n1. The standard InChI is InChI=1S/C12H19N3O/c1-3-9-6-10(15(2)14-9)7-11(16)12(8-13)4-5-12/h6H,3-5,7-8,13H2,1-2H3. The Balaban J connectivity index is 2.09. The molecular weight excluding hydrogens is 202 g/mol. The summed E-state index contributed by atoms with van der Waals surface area (Å²) in [4.78, 5) is 12.1. The number of hydrogen-bond donors (Lipinski definition) is 1. The summed E-state index contributed by atoms with van der Waals surface area (Å²) in [5, 5.41) is 4.34. The van der Waals surface area contributed by atoms with Gasteiger partial charge in [-0.3, -0.25) is 9.48 Å². The van der Waals surface area contributed by atoms with Crippen LogP contribution in [0.1, 0.15) is 31.2 Å². The number of hydrogen-bond acceptors (Lipinski definition) is 3. The van der Waals surface area contributed by atoms with Crippen LogP contribution >= 0.6 is 0 Å². The maximum atomic E-state index is 12.1. The van der Waals surface area contributed by atoms with Crippen molar-refractivity contribution in [1.29, 1.82) is 0 Å². The van der Waals surface area contributed by atoms with Gasteiger partial charge >= 0.3 is 0 Å². The van der Waals surface area contributed by atoms with Crippen LogP contribution in [-0.2, 0) is 24.7 Å². The van der Waals surface area contributed by atoms with E-state index in [-0.39, 0.29) is 11.2 Å². The monoisotopic (exact) mass is 221 g/mol. The molecule has 0 bridgehead atoms. The zero-order chi connectivity index (χ0) is 11.8. The fourth-order valence-electron chi connectivity index (χ4n) is 2.01. The van der Waals surface area contributed by atoms with E-state index in [0.29, 0.717) is 13.0 Å². The maximum Gasteiger partial charge on any atom is 0.146 e. The first-order valence-corrected chi connectivity index (χ1v) is 5.86. The number of rotatable bonds is 5. The van der Waals surface area contributed by atoms with E-state index in [2.05, 4.69) is 12.0 Å². The topological polar surface area (TPSA) is 60.9 Å². The van der Waals surface area contributed by atoms with Gasteiger partial charge in [-0.2, -0.15) is 5.10 Å². The van der Waals surface area contributed by atoms with Crippen molar-refractivity contribution in [3.63, 3.8) is 0 Å². The van der Waals surface area contributed by atoms with Crippen molar-refractivity contribution in [1.82, 2.24) is 9.78 Å². The fourth-order valence-corrected chi connectivity index (χ4v) is 2.01. The molecule has 0 spiro atoms. The Labute approximate surface area is 95.8 Å². The van der Waals surface area contributed by atoms with Crippen LogP contribution in [0, 0.1) is 5.41 Å². The molecule has 1 saturated carbocycles. The third kappa shape index (κ3) is 1.89. The van der Waals surface area contributed by atoms with Gasteiger partial charge in [0, 0.05) is 31.1 Å². The molecule has 0 amide bonds.